The van der Waals surface area contributed by atoms with Crippen LogP contribution in [0.2, 0.25) is 0 Å². The first-order chi connectivity index (χ1) is 9.20. The highest BCUT2D eigenvalue weighted by atomic mass is 16.6. The molecule has 0 aliphatic heterocycles. The minimum Gasteiger partial charge on any atom is -0.444 e. The van der Waals surface area contributed by atoms with E-state index in [0.29, 0.717) is 17.5 Å². The third-order valence-corrected chi connectivity index (χ3v) is 4.30. The predicted molar refractivity (Wildman–Crippen MR) is 79.3 cm³/mol. The number of carbonyl (C=O) groups excluding carboxylic acids is 1. The van der Waals surface area contributed by atoms with Crippen LogP contribution in [0.5, 0.6) is 0 Å². The van der Waals surface area contributed by atoms with Gasteiger partial charge in [-0.15, -0.1) is 0 Å². The summed E-state index contributed by atoms with van der Waals surface area (Å²) >= 11 is 0. The van der Waals surface area contributed by atoms with Crippen LogP contribution in [0.4, 0.5) is 4.79 Å². The molecule has 1 spiro atoms. The summed E-state index contributed by atoms with van der Waals surface area (Å²) in [5, 5.41) is 5.07. The minimum atomic E-state index is -0.417. The van der Waals surface area contributed by atoms with Gasteiger partial charge in [0.15, 0.2) is 0 Å². The Morgan fingerprint density at radius 2 is 1.85 bits per heavy atom. The van der Waals surface area contributed by atoms with Crippen molar-refractivity contribution in [2.45, 2.75) is 70.6 Å². The molecule has 0 aromatic heterocycles. The van der Waals surface area contributed by atoms with E-state index in [1.807, 2.05) is 39.9 Å². The van der Waals surface area contributed by atoms with Gasteiger partial charge in [0.05, 0.1) is 0 Å². The lowest BCUT2D eigenvalue weighted by atomic mass is 9.83. The van der Waals surface area contributed by atoms with Gasteiger partial charge in [-0.25, -0.2) is 4.79 Å². The van der Waals surface area contributed by atoms with Crippen LogP contribution in [-0.4, -0.2) is 42.9 Å². The smallest absolute Gasteiger partial charge is 0.407 e. The third kappa shape index (κ3) is 4.09. The summed E-state index contributed by atoms with van der Waals surface area (Å²) in [7, 11) is 4.07. The normalized spacial score (nSPS) is 33.3. The van der Waals surface area contributed by atoms with Gasteiger partial charge in [-0.3, -0.25) is 10.4 Å². The first-order valence-corrected chi connectivity index (χ1v) is 7.63. The molecule has 0 saturated heterocycles. The van der Waals surface area contributed by atoms with Crippen molar-refractivity contribution in [1.29, 1.82) is 0 Å². The molecule has 0 aromatic carbocycles. The van der Waals surface area contributed by atoms with Crippen molar-refractivity contribution < 1.29 is 9.53 Å². The second-order valence-corrected chi connectivity index (χ2v) is 7.56. The second kappa shape index (κ2) is 5.53. The van der Waals surface area contributed by atoms with Gasteiger partial charge in [-0.2, -0.15) is 0 Å². The number of hydrogen-bond acceptors (Lipinski definition) is 4. The van der Waals surface area contributed by atoms with Gasteiger partial charge in [0.2, 0.25) is 0 Å². The summed E-state index contributed by atoms with van der Waals surface area (Å²) in [6.07, 6.45) is 5.60. The Morgan fingerprint density at radius 3 is 2.35 bits per heavy atom. The SMILES string of the molecule is CN(C)NC1CCC2(CC1)CC2NC(=O)OC(C)(C)C. The number of hydrazine groups is 1. The van der Waals surface area contributed by atoms with E-state index in [1.165, 1.54) is 25.7 Å². The van der Waals surface area contributed by atoms with Crippen molar-refractivity contribution in [3.63, 3.8) is 0 Å². The maximum atomic E-state index is 11.8. The highest BCUT2D eigenvalue weighted by molar-refractivity contribution is 5.68. The number of hydrogen-bond donors (Lipinski definition) is 2. The number of rotatable bonds is 3. The zero-order valence-corrected chi connectivity index (χ0v) is 13.5. The number of nitrogens with one attached hydrogen (secondary N) is 2. The molecular formula is C15H29N3O2. The van der Waals surface area contributed by atoms with Gasteiger partial charge in [0.1, 0.15) is 5.60 Å². The van der Waals surface area contributed by atoms with E-state index in [0.717, 1.165) is 6.42 Å². The van der Waals surface area contributed by atoms with E-state index < -0.39 is 5.60 Å². The fraction of sp³-hybridized carbons (Fsp3) is 0.933. The molecule has 0 heterocycles. The summed E-state index contributed by atoms with van der Waals surface area (Å²) in [5.41, 5.74) is 3.39. The Kier molecular flexibility index (Phi) is 4.30. The predicted octanol–water partition coefficient (Wildman–Crippen LogP) is 2.28. The standard InChI is InChI=1S/C15H29N3O2/c1-14(2,3)20-13(19)16-12-10-15(12)8-6-11(7-9-15)17-18(4)5/h11-12,17H,6-10H2,1-5H3,(H,16,19). The van der Waals surface area contributed by atoms with E-state index in [2.05, 4.69) is 10.7 Å². The maximum Gasteiger partial charge on any atom is 0.407 e. The summed E-state index contributed by atoms with van der Waals surface area (Å²) in [6.45, 7) is 5.69. The Balaban J connectivity index is 1.74. The highest BCUT2D eigenvalue weighted by Crippen LogP contribution is 2.56. The number of carbonyl (C=O) groups is 1. The molecule has 0 aromatic rings. The van der Waals surface area contributed by atoms with Crippen molar-refractivity contribution in [3.05, 3.63) is 0 Å². The Labute approximate surface area is 122 Å². The Hall–Kier alpha value is -0.810. The van der Waals surface area contributed by atoms with Crippen molar-refractivity contribution in [2.24, 2.45) is 5.41 Å². The molecule has 2 saturated carbocycles. The fourth-order valence-electron chi connectivity index (χ4n) is 3.24. The summed E-state index contributed by atoms with van der Waals surface area (Å²) in [4.78, 5) is 11.8. The number of nitrogens with zero attached hydrogens (tertiary/aromatic N) is 1. The van der Waals surface area contributed by atoms with Crippen LogP contribution >= 0.6 is 0 Å². The monoisotopic (exact) mass is 283 g/mol. The molecule has 1 unspecified atom stereocenters. The molecule has 2 rings (SSSR count). The van der Waals surface area contributed by atoms with E-state index in [4.69, 9.17) is 4.74 Å². The maximum absolute atomic E-state index is 11.8. The largest absolute Gasteiger partial charge is 0.444 e. The first kappa shape index (κ1) is 15.6. The molecule has 0 radical (unpaired) electrons. The fourth-order valence-corrected chi connectivity index (χ4v) is 3.24. The molecule has 2 aliphatic carbocycles. The van der Waals surface area contributed by atoms with Gasteiger partial charge in [0.25, 0.3) is 0 Å². The molecule has 20 heavy (non-hydrogen) atoms. The van der Waals surface area contributed by atoms with Gasteiger partial charge in [0, 0.05) is 26.2 Å². The minimum absolute atomic E-state index is 0.270. The van der Waals surface area contributed by atoms with Crippen LogP contribution in [-0.2, 0) is 4.74 Å². The van der Waals surface area contributed by atoms with Gasteiger partial charge in [-0.05, 0) is 58.3 Å². The lowest BCUT2D eigenvalue weighted by molar-refractivity contribution is 0.0510. The topological polar surface area (TPSA) is 53.6 Å². The molecule has 0 bridgehead atoms. The van der Waals surface area contributed by atoms with E-state index in [1.54, 1.807) is 0 Å². The van der Waals surface area contributed by atoms with Gasteiger partial charge >= 0.3 is 6.09 Å². The summed E-state index contributed by atoms with van der Waals surface area (Å²) in [5.74, 6) is 0. The molecule has 2 fully saturated rings. The molecular weight excluding hydrogens is 254 g/mol. The zero-order valence-electron chi connectivity index (χ0n) is 13.5. The average molecular weight is 283 g/mol. The lowest BCUT2D eigenvalue weighted by Crippen LogP contribution is -2.43. The van der Waals surface area contributed by atoms with Crippen molar-refractivity contribution in [3.8, 4) is 0 Å². The average Bonchev–Trinajstić information content (AvgIpc) is 2.91. The number of ether oxygens (including phenoxy) is 1. The summed E-state index contributed by atoms with van der Waals surface area (Å²) < 4.78 is 5.33. The Morgan fingerprint density at radius 1 is 1.25 bits per heavy atom. The van der Waals surface area contributed by atoms with Crippen LogP contribution in [0.25, 0.3) is 0 Å². The van der Waals surface area contributed by atoms with Gasteiger partial charge in [-0.1, -0.05) is 0 Å². The highest BCUT2D eigenvalue weighted by Gasteiger charge is 2.56. The van der Waals surface area contributed by atoms with Crippen LogP contribution in [0.15, 0.2) is 0 Å². The first-order valence-electron chi connectivity index (χ1n) is 7.63. The van der Waals surface area contributed by atoms with Crippen molar-refractivity contribution >= 4 is 6.09 Å². The van der Waals surface area contributed by atoms with Crippen molar-refractivity contribution in [1.82, 2.24) is 15.8 Å². The molecule has 2 aliphatic rings. The zero-order chi connectivity index (χ0) is 15.0. The van der Waals surface area contributed by atoms with Crippen LogP contribution in [0, 0.1) is 5.41 Å². The molecule has 1 amide bonds. The molecule has 5 nitrogen and oxygen atoms in total. The van der Waals surface area contributed by atoms with Crippen LogP contribution in [0.1, 0.15) is 52.9 Å². The van der Waals surface area contributed by atoms with Crippen LogP contribution in [0.3, 0.4) is 0 Å². The number of amides is 1. The molecule has 1 atom stereocenters. The molecule has 116 valence electrons. The summed E-state index contributed by atoms with van der Waals surface area (Å²) in [6, 6.07) is 0.899. The molecule has 2 N–H and O–H groups in total. The molecule has 5 heteroatoms. The number of alkyl carbamates (subject to hydrolysis) is 1. The lowest BCUT2D eigenvalue weighted by Gasteiger charge is -2.32. The van der Waals surface area contributed by atoms with Crippen LogP contribution < -0.4 is 10.7 Å². The Bertz CT molecular complexity index is 355. The van der Waals surface area contributed by atoms with E-state index in [-0.39, 0.29) is 6.09 Å². The van der Waals surface area contributed by atoms with Crippen molar-refractivity contribution in [2.75, 3.05) is 14.1 Å². The van der Waals surface area contributed by atoms with Gasteiger partial charge < -0.3 is 10.1 Å². The quantitative estimate of drug-likeness (QED) is 0.780. The van der Waals surface area contributed by atoms with E-state index in [9.17, 15) is 4.79 Å². The second-order valence-electron chi connectivity index (χ2n) is 7.56. The van der Waals surface area contributed by atoms with E-state index >= 15 is 0 Å². The third-order valence-electron chi connectivity index (χ3n) is 4.30.